The Morgan fingerprint density at radius 3 is 2.56 bits per heavy atom. The van der Waals surface area contributed by atoms with Crippen molar-refractivity contribution >= 4 is 46.1 Å². The Hall–Kier alpha value is -3.85. The largest absolute Gasteiger partial charge is 0.444 e. The SMILES string of the molecule is CC(C)(C)OC(=O)NC(Cc1ccc(Cl)cc1)C(=O)N1CCCC1C(=O)NCc1ccc2c(N)nccc2c1. The zero-order valence-electron chi connectivity index (χ0n) is 22.4. The van der Waals surface area contributed by atoms with Gasteiger partial charge in [-0.3, -0.25) is 9.59 Å². The van der Waals surface area contributed by atoms with Crippen molar-refractivity contribution in [3.63, 3.8) is 0 Å². The van der Waals surface area contributed by atoms with Gasteiger partial charge in [0.2, 0.25) is 11.8 Å². The summed E-state index contributed by atoms with van der Waals surface area (Å²) in [5, 5.41) is 8.05. The van der Waals surface area contributed by atoms with Crippen LogP contribution < -0.4 is 16.4 Å². The fourth-order valence-electron chi connectivity index (χ4n) is 4.68. The number of benzene rings is 2. The number of likely N-dealkylation sites (tertiary alicyclic amines) is 1. The van der Waals surface area contributed by atoms with Crippen molar-refractivity contribution in [2.75, 3.05) is 12.3 Å². The Bertz CT molecular complexity index is 1360. The summed E-state index contributed by atoms with van der Waals surface area (Å²) >= 11 is 6.02. The summed E-state index contributed by atoms with van der Waals surface area (Å²) in [4.78, 5) is 45.2. The molecule has 3 amide bonds. The molecule has 0 spiro atoms. The number of hydrogen-bond donors (Lipinski definition) is 3. The van der Waals surface area contributed by atoms with E-state index in [9.17, 15) is 14.4 Å². The average molecular weight is 552 g/mol. The van der Waals surface area contributed by atoms with E-state index in [0.29, 0.717) is 36.8 Å². The highest BCUT2D eigenvalue weighted by molar-refractivity contribution is 6.30. The van der Waals surface area contributed by atoms with Crippen LogP contribution in [0.2, 0.25) is 5.02 Å². The van der Waals surface area contributed by atoms with Crippen molar-refractivity contribution in [2.45, 2.75) is 64.3 Å². The second-order valence-electron chi connectivity index (χ2n) is 10.7. The number of nitrogens with two attached hydrogens (primary N) is 1. The number of amides is 3. The molecule has 3 aromatic rings. The number of nitrogens with zero attached hydrogens (tertiary/aromatic N) is 2. The minimum Gasteiger partial charge on any atom is -0.444 e. The van der Waals surface area contributed by atoms with Gasteiger partial charge in [0.25, 0.3) is 0 Å². The van der Waals surface area contributed by atoms with Crippen LogP contribution in [0.15, 0.2) is 54.7 Å². The molecule has 4 rings (SSSR count). The summed E-state index contributed by atoms with van der Waals surface area (Å²) in [6, 6.07) is 13.1. The van der Waals surface area contributed by atoms with Crippen LogP contribution in [0.1, 0.15) is 44.7 Å². The molecule has 1 aliphatic rings. The smallest absolute Gasteiger partial charge is 0.408 e. The first kappa shape index (κ1) is 28.2. The quantitative estimate of drug-likeness (QED) is 0.403. The Labute approximate surface area is 233 Å². The topological polar surface area (TPSA) is 127 Å². The summed E-state index contributed by atoms with van der Waals surface area (Å²) in [5.74, 6) is -0.115. The first-order valence-electron chi connectivity index (χ1n) is 13.0. The number of rotatable bonds is 7. The second kappa shape index (κ2) is 11.9. The molecule has 39 heavy (non-hydrogen) atoms. The zero-order chi connectivity index (χ0) is 28.2. The summed E-state index contributed by atoms with van der Waals surface area (Å²) < 4.78 is 5.40. The number of ether oxygens (including phenoxy) is 1. The molecule has 1 fully saturated rings. The van der Waals surface area contributed by atoms with Crippen molar-refractivity contribution in [1.29, 1.82) is 0 Å². The molecular formula is C29H34ClN5O4. The fourth-order valence-corrected chi connectivity index (χ4v) is 4.80. The number of anilines is 1. The Balaban J connectivity index is 1.46. The van der Waals surface area contributed by atoms with Gasteiger partial charge in [-0.25, -0.2) is 9.78 Å². The third-order valence-electron chi connectivity index (χ3n) is 6.51. The maximum absolute atomic E-state index is 13.7. The fraction of sp³-hybridized carbons (Fsp3) is 0.379. The van der Waals surface area contributed by atoms with Gasteiger partial charge in [0.15, 0.2) is 0 Å². The molecule has 10 heteroatoms. The number of nitrogens with one attached hydrogen (secondary N) is 2. The third kappa shape index (κ3) is 7.38. The molecule has 4 N–H and O–H groups in total. The van der Waals surface area contributed by atoms with Crippen molar-refractivity contribution in [2.24, 2.45) is 0 Å². The lowest BCUT2D eigenvalue weighted by molar-refractivity contribution is -0.140. The summed E-state index contributed by atoms with van der Waals surface area (Å²) in [5.41, 5.74) is 6.94. The number of carbonyl (C=O) groups excluding carboxylic acids is 3. The van der Waals surface area contributed by atoms with E-state index < -0.39 is 23.8 Å². The molecule has 2 aromatic carbocycles. The summed E-state index contributed by atoms with van der Waals surface area (Å²) in [7, 11) is 0. The minimum atomic E-state index is -0.908. The number of hydrogen-bond acceptors (Lipinski definition) is 6. The van der Waals surface area contributed by atoms with E-state index >= 15 is 0 Å². The van der Waals surface area contributed by atoms with Gasteiger partial charge in [-0.1, -0.05) is 35.9 Å². The lowest BCUT2D eigenvalue weighted by Gasteiger charge is -2.29. The van der Waals surface area contributed by atoms with Crippen molar-refractivity contribution in [3.8, 4) is 0 Å². The standard InChI is InChI=1S/C29H34ClN5O4/c1-29(2,3)39-28(38)34-23(16-18-6-9-21(30)10-7-18)27(37)35-14-4-5-24(35)26(36)33-17-19-8-11-22-20(15-19)12-13-32-25(22)31/h6-13,15,23-24H,4-5,14,16-17H2,1-3H3,(H2,31,32)(H,33,36)(H,34,38). The van der Waals surface area contributed by atoms with Crippen LogP contribution >= 0.6 is 11.6 Å². The number of halogens is 1. The van der Waals surface area contributed by atoms with Crippen molar-refractivity contribution in [3.05, 3.63) is 70.9 Å². The monoisotopic (exact) mass is 551 g/mol. The van der Waals surface area contributed by atoms with E-state index in [0.717, 1.165) is 21.9 Å². The van der Waals surface area contributed by atoms with Crippen LogP contribution in [-0.4, -0.2) is 52.0 Å². The molecule has 1 saturated heterocycles. The van der Waals surface area contributed by atoms with Crippen LogP contribution in [-0.2, 0) is 27.3 Å². The van der Waals surface area contributed by atoms with Gasteiger partial charge in [-0.15, -0.1) is 0 Å². The van der Waals surface area contributed by atoms with Crippen LogP contribution in [0.5, 0.6) is 0 Å². The van der Waals surface area contributed by atoms with E-state index in [1.54, 1.807) is 56.1 Å². The van der Waals surface area contributed by atoms with E-state index in [-0.39, 0.29) is 18.2 Å². The highest BCUT2D eigenvalue weighted by Crippen LogP contribution is 2.22. The molecular weight excluding hydrogens is 518 g/mol. The van der Waals surface area contributed by atoms with Gasteiger partial charge in [-0.05, 0) is 74.4 Å². The van der Waals surface area contributed by atoms with Crippen LogP contribution in [0.3, 0.4) is 0 Å². The van der Waals surface area contributed by atoms with Gasteiger partial charge < -0.3 is 26.0 Å². The van der Waals surface area contributed by atoms with Gasteiger partial charge in [0.1, 0.15) is 23.5 Å². The van der Waals surface area contributed by atoms with E-state index in [2.05, 4.69) is 15.6 Å². The highest BCUT2D eigenvalue weighted by atomic mass is 35.5. The van der Waals surface area contributed by atoms with Gasteiger partial charge in [-0.2, -0.15) is 0 Å². The second-order valence-corrected chi connectivity index (χ2v) is 11.1. The van der Waals surface area contributed by atoms with E-state index in [4.69, 9.17) is 22.1 Å². The van der Waals surface area contributed by atoms with E-state index in [1.807, 2.05) is 24.3 Å². The summed E-state index contributed by atoms with van der Waals surface area (Å²) in [6.07, 6.45) is 2.41. The molecule has 0 saturated carbocycles. The first-order chi connectivity index (χ1) is 18.5. The lowest BCUT2D eigenvalue weighted by atomic mass is 10.0. The first-order valence-corrected chi connectivity index (χ1v) is 13.3. The molecule has 0 bridgehead atoms. The molecule has 206 valence electrons. The van der Waals surface area contributed by atoms with Gasteiger partial charge in [0, 0.05) is 36.1 Å². The molecule has 2 unspecified atom stereocenters. The number of aromatic nitrogens is 1. The van der Waals surface area contributed by atoms with Gasteiger partial charge >= 0.3 is 6.09 Å². The predicted molar refractivity (Wildman–Crippen MR) is 151 cm³/mol. The zero-order valence-corrected chi connectivity index (χ0v) is 23.1. The van der Waals surface area contributed by atoms with E-state index in [1.165, 1.54) is 0 Å². The number of fused-ring (bicyclic) bond motifs is 1. The number of carbonyl (C=O) groups is 3. The molecule has 0 radical (unpaired) electrons. The molecule has 2 heterocycles. The number of alkyl carbamates (subject to hydrolysis) is 1. The highest BCUT2D eigenvalue weighted by Gasteiger charge is 2.38. The molecule has 2 atom stereocenters. The third-order valence-corrected chi connectivity index (χ3v) is 6.76. The molecule has 1 aromatic heterocycles. The normalized spacial score (nSPS) is 16.1. The van der Waals surface area contributed by atoms with Crippen LogP contribution in [0.4, 0.5) is 10.6 Å². The minimum absolute atomic E-state index is 0.231. The number of pyridine rings is 1. The molecule has 9 nitrogen and oxygen atoms in total. The average Bonchev–Trinajstić information content (AvgIpc) is 3.37. The molecule has 0 aliphatic carbocycles. The van der Waals surface area contributed by atoms with Crippen LogP contribution in [0.25, 0.3) is 10.8 Å². The Morgan fingerprint density at radius 1 is 1.13 bits per heavy atom. The molecule has 1 aliphatic heterocycles. The summed E-state index contributed by atoms with van der Waals surface area (Å²) in [6.45, 7) is 5.99. The van der Waals surface area contributed by atoms with Gasteiger partial charge in [0.05, 0.1) is 0 Å². The maximum atomic E-state index is 13.7. The van der Waals surface area contributed by atoms with Crippen molar-refractivity contribution in [1.82, 2.24) is 20.5 Å². The Morgan fingerprint density at radius 2 is 1.85 bits per heavy atom. The maximum Gasteiger partial charge on any atom is 0.408 e. The van der Waals surface area contributed by atoms with Crippen LogP contribution in [0, 0.1) is 0 Å². The lowest BCUT2D eigenvalue weighted by Crippen LogP contribution is -2.54. The number of nitrogen functional groups attached to an aromatic ring is 1. The Kier molecular flexibility index (Phi) is 8.60. The predicted octanol–water partition coefficient (Wildman–Crippen LogP) is 4.21. The van der Waals surface area contributed by atoms with Crippen molar-refractivity contribution < 1.29 is 19.1 Å².